The zero-order valence-electron chi connectivity index (χ0n) is 27.4. The monoisotopic (exact) mass is 635 g/mol. The van der Waals surface area contributed by atoms with Gasteiger partial charge in [-0.1, -0.05) is 148 Å². The second kappa shape index (κ2) is 12.3. The molecule has 0 bridgehead atoms. The minimum atomic E-state index is -0.159. The summed E-state index contributed by atoms with van der Waals surface area (Å²) in [4.78, 5) is 2.39. The third-order valence-corrected chi connectivity index (χ3v) is 11.0. The summed E-state index contributed by atoms with van der Waals surface area (Å²) >= 11 is 1.88. The summed E-state index contributed by atoms with van der Waals surface area (Å²) in [5.41, 5.74) is 11.9. The molecule has 0 aliphatic heterocycles. The van der Waals surface area contributed by atoms with Crippen molar-refractivity contribution in [2.45, 2.75) is 25.7 Å². The van der Waals surface area contributed by atoms with Crippen LogP contribution in [0.15, 0.2) is 176 Å². The van der Waals surface area contributed by atoms with Gasteiger partial charge in [-0.05, 0) is 76.2 Å². The van der Waals surface area contributed by atoms with E-state index in [-0.39, 0.29) is 5.41 Å². The summed E-state index contributed by atoms with van der Waals surface area (Å²) in [6.45, 7) is 8.97. The molecule has 8 rings (SSSR count). The van der Waals surface area contributed by atoms with E-state index in [9.17, 15) is 0 Å². The Kier molecular flexibility index (Phi) is 7.67. The van der Waals surface area contributed by atoms with Crippen molar-refractivity contribution in [3.8, 4) is 22.3 Å². The lowest BCUT2D eigenvalue weighted by Crippen LogP contribution is -2.20. The average molecular weight is 636 g/mol. The molecule has 0 spiro atoms. The van der Waals surface area contributed by atoms with Crippen LogP contribution in [0.4, 0.5) is 17.1 Å². The Labute approximate surface area is 287 Å². The van der Waals surface area contributed by atoms with E-state index in [1.165, 1.54) is 53.6 Å². The largest absolute Gasteiger partial charge is 0.310 e. The number of rotatable bonds is 5. The predicted octanol–water partition coefficient (Wildman–Crippen LogP) is 13.4. The average Bonchev–Trinajstić information content (AvgIpc) is 3.53. The van der Waals surface area contributed by atoms with E-state index >= 15 is 0 Å². The number of allylic oxidation sites excluding steroid dienone is 5. The molecule has 2 heteroatoms. The third kappa shape index (κ3) is 5.29. The molecule has 1 aromatic heterocycles. The van der Waals surface area contributed by atoms with Crippen LogP contribution in [0.5, 0.6) is 0 Å². The Morgan fingerprint density at radius 3 is 2.17 bits per heavy atom. The van der Waals surface area contributed by atoms with Gasteiger partial charge >= 0.3 is 0 Å². The van der Waals surface area contributed by atoms with Crippen LogP contribution in [0.2, 0.25) is 0 Å². The van der Waals surface area contributed by atoms with E-state index in [1.807, 2.05) is 11.3 Å². The van der Waals surface area contributed by atoms with Crippen molar-refractivity contribution in [3.05, 3.63) is 187 Å². The molecule has 6 aromatic carbocycles. The van der Waals surface area contributed by atoms with Gasteiger partial charge in [0.2, 0.25) is 0 Å². The Morgan fingerprint density at radius 2 is 1.31 bits per heavy atom. The molecule has 0 N–H and O–H groups in total. The molecule has 1 aliphatic rings. The highest BCUT2D eigenvalue weighted by Gasteiger charge is 2.26. The first-order valence-corrected chi connectivity index (χ1v) is 17.4. The Hall–Kier alpha value is -5.44. The van der Waals surface area contributed by atoms with Crippen molar-refractivity contribution in [1.29, 1.82) is 0 Å². The number of thiophene rings is 1. The van der Waals surface area contributed by atoms with E-state index in [0.29, 0.717) is 0 Å². The first-order valence-electron chi connectivity index (χ1n) is 16.6. The molecule has 1 aliphatic carbocycles. The van der Waals surface area contributed by atoms with Crippen molar-refractivity contribution in [2.24, 2.45) is 0 Å². The summed E-state index contributed by atoms with van der Waals surface area (Å²) in [5.74, 6) is 0. The topological polar surface area (TPSA) is 3.24 Å². The predicted molar refractivity (Wildman–Crippen MR) is 209 cm³/mol. The third-order valence-electron chi connectivity index (χ3n) is 9.77. The molecule has 0 fully saturated rings. The van der Waals surface area contributed by atoms with Crippen molar-refractivity contribution in [3.63, 3.8) is 0 Å². The lowest BCUT2D eigenvalue weighted by molar-refractivity contribution is 0.635. The summed E-state index contributed by atoms with van der Waals surface area (Å²) in [6, 6.07) is 50.9. The van der Waals surface area contributed by atoms with Gasteiger partial charge in [-0.15, -0.1) is 11.3 Å². The number of nitrogens with zero attached hydrogens (tertiary/aromatic N) is 1. The summed E-state index contributed by atoms with van der Waals surface area (Å²) in [6.07, 6.45) is 9.51. The highest BCUT2D eigenvalue weighted by Crippen LogP contribution is 2.44. The number of hydrogen-bond acceptors (Lipinski definition) is 2. The normalized spacial score (nSPS) is 15.3. The Bertz CT molecular complexity index is 2350. The standard InChI is InChI=1S/C46H37NS/c1-32-15-6-4-7-16-35-31-34(27-30-42(35)46(32,2)3)38-19-10-12-23-43(38)47(36-17-8-5-9-18-36)37-28-25-33(26-29-37)39-21-14-22-41-40-20-11-13-24-44(40)48-45(39)41/h4-15,17-31H,1,16H2,2-3H3/b7-4-,15-6-. The summed E-state index contributed by atoms with van der Waals surface area (Å²) < 4.78 is 2.66. The van der Waals surface area contributed by atoms with E-state index < -0.39 is 0 Å². The van der Waals surface area contributed by atoms with Crippen molar-refractivity contribution >= 4 is 48.6 Å². The van der Waals surface area contributed by atoms with E-state index in [4.69, 9.17) is 0 Å². The van der Waals surface area contributed by atoms with E-state index in [2.05, 4.69) is 189 Å². The van der Waals surface area contributed by atoms with Gasteiger partial charge in [0.15, 0.2) is 0 Å². The van der Waals surface area contributed by atoms with Crippen LogP contribution >= 0.6 is 11.3 Å². The fourth-order valence-electron chi connectivity index (χ4n) is 7.05. The number of fused-ring (bicyclic) bond motifs is 4. The van der Waals surface area contributed by atoms with Gasteiger partial charge in [0, 0.05) is 42.5 Å². The van der Waals surface area contributed by atoms with Gasteiger partial charge < -0.3 is 4.90 Å². The van der Waals surface area contributed by atoms with E-state index in [1.54, 1.807) is 0 Å². The quantitative estimate of drug-likeness (QED) is 0.182. The number of benzene rings is 6. The number of hydrogen-bond donors (Lipinski definition) is 0. The zero-order chi connectivity index (χ0) is 32.7. The van der Waals surface area contributed by atoms with Crippen molar-refractivity contribution in [2.75, 3.05) is 4.90 Å². The Balaban J connectivity index is 1.23. The van der Waals surface area contributed by atoms with Crippen LogP contribution in [0.1, 0.15) is 25.0 Å². The van der Waals surface area contributed by atoms with Crippen molar-refractivity contribution < 1.29 is 0 Å². The molecule has 0 amide bonds. The number of para-hydroxylation sites is 2. The molecular weight excluding hydrogens is 599 g/mol. The van der Waals surface area contributed by atoms with Crippen LogP contribution in [0, 0.1) is 0 Å². The smallest absolute Gasteiger partial charge is 0.0540 e. The first kappa shape index (κ1) is 29.9. The summed E-state index contributed by atoms with van der Waals surface area (Å²) in [7, 11) is 0. The van der Waals surface area contributed by atoms with Gasteiger partial charge in [0.1, 0.15) is 0 Å². The molecule has 0 saturated carbocycles. The van der Waals surface area contributed by atoms with Gasteiger partial charge in [-0.3, -0.25) is 0 Å². The van der Waals surface area contributed by atoms with Gasteiger partial charge in [-0.2, -0.15) is 0 Å². The molecule has 0 radical (unpaired) electrons. The molecule has 0 atom stereocenters. The van der Waals surface area contributed by atoms with Gasteiger partial charge in [-0.25, -0.2) is 0 Å². The van der Waals surface area contributed by atoms with Crippen LogP contribution in [-0.2, 0) is 11.8 Å². The maximum Gasteiger partial charge on any atom is 0.0540 e. The minimum Gasteiger partial charge on any atom is -0.310 e. The first-order chi connectivity index (χ1) is 23.5. The molecule has 0 saturated heterocycles. The molecule has 232 valence electrons. The SMILES string of the molecule is C=C1/C=C\C=C/Cc2cc(-c3ccccc3N(c3ccccc3)c3ccc(-c4cccc5c4sc4ccccc45)cc3)ccc2C1(C)C. The summed E-state index contributed by atoms with van der Waals surface area (Å²) in [5, 5.41) is 2.65. The highest BCUT2D eigenvalue weighted by atomic mass is 32.1. The molecule has 7 aromatic rings. The highest BCUT2D eigenvalue weighted by molar-refractivity contribution is 7.26. The number of anilines is 3. The van der Waals surface area contributed by atoms with Crippen LogP contribution < -0.4 is 4.90 Å². The maximum atomic E-state index is 4.42. The zero-order valence-corrected chi connectivity index (χ0v) is 28.2. The lowest BCUT2D eigenvalue weighted by Gasteiger charge is -2.30. The molecule has 0 unspecified atom stereocenters. The Morgan fingerprint density at radius 1 is 0.625 bits per heavy atom. The second-order valence-corrected chi connectivity index (χ2v) is 14.1. The van der Waals surface area contributed by atoms with Crippen LogP contribution in [0.3, 0.4) is 0 Å². The lowest BCUT2D eigenvalue weighted by atomic mass is 9.75. The van der Waals surface area contributed by atoms with Crippen molar-refractivity contribution in [1.82, 2.24) is 0 Å². The maximum absolute atomic E-state index is 4.42. The molecular formula is C46H37NS. The van der Waals surface area contributed by atoms with Crippen LogP contribution in [-0.4, -0.2) is 0 Å². The van der Waals surface area contributed by atoms with E-state index in [0.717, 1.165) is 29.1 Å². The fraction of sp³-hybridized carbons (Fsp3) is 0.0870. The van der Waals surface area contributed by atoms with Gasteiger partial charge in [0.05, 0.1) is 5.69 Å². The minimum absolute atomic E-state index is 0.159. The molecule has 1 heterocycles. The molecule has 1 nitrogen and oxygen atoms in total. The van der Waals surface area contributed by atoms with Gasteiger partial charge in [0.25, 0.3) is 0 Å². The molecule has 48 heavy (non-hydrogen) atoms. The second-order valence-electron chi connectivity index (χ2n) is 13.0. The fourth-order valence-corrected chi connectivity index (χ4v) is 8.29. The van der Waals surface area contributed by atoms with Crippen LogP contribution in [0.25, 0.3) is 42.4 Å².